The summed E-state index contributed by atoms with van der Waals surface area (Å²) in [7, 11) is 0. The molecular formula is C23H18N2O2. The first-order chi connectivity index (χ1) is 13.2. The Hall–Kier alpha value is -3.66. The van der Waals surface area contributed by atoms with E-state index in [4.69, 9.17) is 0 Å². The molecule has 4 rings (SSSR count). The lowest BCUT2D eigenvalue weighted by molar-refractivity contribution is -0.116. The third kappa shape index (κ3) is 3.51. The molecule has 0 spiro atoms. The highest BCUT2D eigenvalue weighted by Gasteiger charge is 2.25. The van der Waals surface area contributed by atoms with Gasteiger partial charge in [-0.15, -0.1) is 0 Å². The van der Waals surface area contributed by atoms with Crippen LogP contribution in [0.4, 0.5) is 5.69 Å². The minimum absolute atomic E-state index is 0.266. The number of benzene rings is 3. The molecule has 0 saturated heterocycles. The molecule has 0 saturated carbocycles. The topological polar surface area (TPSA) is 58.2 Å². The number of anilines is 1. The maximum Gasteiger partial charge on any atom is 0.252 e. The van der Waals surface area contributed by atoms with Crippen LogP contribution >= 0.6 is 0 Å². The Morgan fingerprint density at radius 2 is 1.44 bits per heavy atom. The van der Waals surface area contributed by atoms with Crippen LogP contribution in [0, 0.1) is 0 Å². The Morgan fingerprint density at radius 3 is 2.19 bits per heavy atom. The van der Waals surface area contributed by atoms with Crippen LogP contribution in [0.15, 0.2) is 91.0 Å². The fraction of sp³-hybridized carbons (Fsp3) is 0.0435. The first-order valence-electron chi connectivity index (χ1n) is 8.76. The van der Waals surface area contributed by atoms with Crippen molar-refractivity contribution in [3.8, 4) is 0 Å². The van der Waals surface area contributed by atoms with Gasteiger partial charge in [0.1, 0.15) is 6.04 Å². The van der Waals surface area contributed by atoms with E-state index in [2.05, 4.69) is 10.6 Å². The molecule has 132 valence electrons. The second kappa shape index (κ2) is 7.30. The van der Waals surface area contributed by atoms with Crippen molar-refractivity contribution in [1.82, 2.24) is 5.32 Å². The molecule has 3 aromatic carbocycles. The number of carbonyl (C=O) groups is 2. The molecule has 1 unspecified atom stereocenters. The van der Waals surface area contributed by atoms with Crippen molar-refractivity contribution in [3.63, 3.8) is 0 Å². The fourth-order valence-electron chi connectivity index (χ4n) is 3.16. The number of para-hydroxylation sites is 1. The van der Waals surface area contributed by atoms with Crippen molar-refractivity contribution >= 4 is 23.1 Å². The van der Waals surface area contributed by atoms with E-state index in [1.807, 2.05) is 66.7 Å². The van der Waals surface area contributed by atoms with Gasteiger partial charge in [-0.2, -0.15) is 0 Å². The summed E-state index contributed by atoms with van der Waals surface area (Å²) < 4.78 is 0. The Balaban J connectivity index is 1.74. The molecule has 0 radical (unpaired) electrons. The molecule has 0 bridgehead atoms. The summed E-state index contributed by atoms with van der Waals surface area (Å²) in [6, 6.07) is 25.6. The zero-order chi connectivity index (χ0) is 18.6. The van der Waals surface area contributed by atoms with E-state index < -0.39 is 6.04 Å². The van der Waals surface area contributed by atoms with Gasteiger partial charge in [-0.1, -0.05) is 66.7 Å². The van der Waals surface area contributed by atoms with Crippen molar-refractivity contribution in [2.24, 2.45) is 0 Å². The predicted molar refractivity (Wildman–Crippen MR) is 106 cm³/mol. The van der Waals surface area contributed by atoms with Crippen LogP contribution in [-0.4, -0.2) is 17.9 Å². The molecule has 0 aromatic heterocycles. The number of rotatable bonds is 3. The molecule has 4 heteroatoms. The smallest absolute Gasteiger partial charge is 0.252 e. The molecule has 1 aliphatic rings. The number of amides is 2. The standard InChI is InChI=1S/C23H18N2O2/c26-22(17-11-5-2-6-12-17)25-21-15-19(16-9-3-1-4-10-16)18-13-7-8-14-20(18)24-23(21)27/h1-15,21H,(H,24,27)(H,25,26). The Labute approximate surface area is 157 Å². The van der Waals surface area contributed by atoms with Gasteiger partial charge in [-0.25, -0.2) is 0 Å². The van der Waals surface area contributed by atoms with Gasteiger partial charge in [0.25, 0.3) is 11.8 Å². The summed E-state index contributed by atoms with van der Waals surface area (Å²) in [5, 5.41) is 5.76. The van der Waals surface area contributed by atoms with Crippen LogP contribution in [-0.2, 0) is 4.79 Å². The summed E-state index contributed by atoms with van der Waals surface area (Å²) in [6.07, 6.45) is 1.82. The van der Waals surface area contributed by atoms with Gasteiger partial charge < -0.3 is 10.6 Å². The van der Waals surface area contributed by atoms with E-state index in [0.717, 1.165) is 22.4 Å². The van der Waals surface area contributed by atoms with Crippen LogP contribution in [0.3, 0.4) is 0 Å². The minimum Gasteiger partial charge on any atom is -0.337 e. The van der Waals surface area contributed by atoms with Crippen molar-refractivity contribution in [1.29, 1.82) is 0 Å². The van der Waals surface area contributed by atoms with Crippen LogP contribution < -0.4 is 10.6 Å². The highest BCUT2D eigenvalue weighted by atomic mass is 16.2. The third-order valence-electron chi connectivity index (χ3n) is 4.50. The molecule has 3 aromatic rings. The summed E-state index contributed by atoms with van der Waals surface area (Å²) in [4.78, 5) is 25.3. The second-order valence-electron chi connectivity index (χ2n) is 6.30. The maximum absolute atomic E-state index is 12.8. The quantitative estimate of drug-likeness (QED) is 0.750. The average Bonchev–Trinajstić information content (AvgIpc) is 2.86. The minimum atomic E-state index is -0.777. The summed E-state index contributed by atoms with van der Waals surface area (Å²) in [5.41, 5.74) is 4.06. The SMILES string of the molecule is O=C(NC1C=C(c2ccccc2)c2ccccc2NC1=O)c1ccccc1. The van der Waals surface area contributed by atoms with Gasteiger partial charge in [-0.3, -0.25) is 9.59 Å². The molecule has 4 nitrogen and oxygen atoms in total. The predicted octanol–water partition coefficient (Wildman–Crippen LogP) is 3.87. The highest BCUT2D eigenvalue weighted by Crippen LogP contribution is 2.32. The van der Waals surface area contributed by atoms with Gasteiger partial charge in [0.2, 0.25) is 0 Å². The summed E-state index contributed by atoms with van der Waals surface area (Å²) in [6.45, 7) is 0. The van der Waals surface area contributed by atoms with Gasteiger partial charge in [-0.05, 0) is 35.4 Å². The van der Waals surface area contributed by atoms with Gasteiger partial charge >= 0.3 is 0 Å². The molecule has 2 N–H and O–H groups in total. The van der Waals surface area contributed by atoms with Crippen molar-refractivity contribution < 1.29 is 9.59 Å². The molecule has 0 aliphatic carbocycles. The molecule has 1 atom stereocenters. The lowest BCUT2D eigenvalue weighted by Crippen LogP contribution is -2.42. The van der Waals surface area contributed by atoms with Gasteiger partial charge in [0, 0.05) is 16.8 Å². The van der Waals surface area contributed by atoms with Gasteiger partial charge in [0.05, 0.1) is 0 Å². The molecule has 2 amide bonds. The monoisotopic (exact) mass is 354 g/mol. The number of fused-ring (bicyclic) bond motifs is 1. The summed E-state index contributed by atoms with van der Waals surface area (Å²) >= 11 is 0. The molecular weight excluding hydrogens is 336 g/mol. The highest BCUT2D eigenvalue weighted by molar-refractivity contribution is 6.07. The van der Waals surface area contributed by atoms with Crippen molar-refractivity contribution in [2.75, 3.05) is 5.32 Å². The second-order valence-corrected chi connectivity index (χ2v) is 6.30. The largest absolute Gasteiger partial charge is 0.337 e. The fourth-order valence-corrected chi connectivity index (χ4v) is 3.16. The first kappa shape index (κ1) is 16.8. The maximum atomic E-state index is 12.8. The zero-order valence-electron chi connectivity index (χ0n) is 14.6. The van der Waals surface area contributed by atoms with E-state index >= 15 is 0 Å². The number of hydrogen-bond acceptors (Lipinski definition) is 2. The first-order valence-corrected chi connectivity index (χ1v) is 8.76. The molecule has 0 fully saturated rings. The lowest BCUT2D eigenvalue weighted by atomic mass is 9.95. The van der Waals surface area contributed by atoms with Crippen LogP contribution in [0.5, 0.6) is 0 Å². The molecule has 1 heterocycles. The van der Waals surface area contributed by atoms with Crippen molar-refractivity contribution in [3.05, 3.63) is 108 Å². The number of nitrogens with one attached hydrogen (secondary N) is 2. The lowest BCUT2D eigenvalue weighted by Gasteiger charge is -2.14. The van der Waals surface area contributed by atoms with Crippen LogP contribution in [0.1, 0.15) is 21.5 Å². The normalized spacial score (nSPS) is 15.8. The van der Waals surface area contributed by atoms with Crippen molar-refractivity contribution in [2.45, 2.75) is 6.04 Å². The van der Waals surface area contributed by atoms with Gasteiger partial charge in [0.15, 0.2) is 0 Å². The van der Waals surface area contributed by atoms with E-state index in [0.29, 0.717) is 5.56 Å². The Morgan fingerprint density at radius 1 is 0.815 bits per heavy atom. The van der Waals surface area contributed by atoms with Crippen LogP contribution in [0.2, 0.25) is 0 Å². The number of carbonyl (C=O) groups excluding carboxylic acids is 2. The van der Waals surface area contributed by atoms with E-state index in [9.17, 15) is 9.59 Å². The Bertz CT molecular complexity index is 1010. The van der Waals surface area contributed by atoms with Crippen LogP contribution in [0.25, 0.3) is 5.57 Å². The molecule has 27 heavy (non-hydrogen) atoms. The Kier molecular flexibility index (Phi) is 4.54. The number of hydrogen-bond donors (Lipinski definition) is 2. The zero-order valence-corrected chi connectivity index (χ0v) is 14.6. The molecule has 1 aliphatic heterocycles. The average molecular weight is 354 g/mol. The third-order valence-corrected chi connectivity index (χ3v) is 4.50. The summed E-state index contributed by atoms with van der Waals surface area (Å²) in [5.74, 6) is -0.553. The van der Waals surface area contributed by atoms with E-state index in [1.165, 1.54) is 0 Å². The van der Waals surface area contributed by atoms with E-state index in [-0.39, 0.29) is 11.8 Å². The van der Waals surface area contributed by atoms with E-state index in [1.54, 1.807) is 24.3 Å².